The lowest BCUT2D eigenvalue weighted by atomic mass is 10.4. The molecule has 1 N–H and O–H groups in total. The van der Waals surface area contributed by atoms with E-state index in [1.54, 1.807) is 12.3 Å². The van der Waals surface area contributed by atoms with Gasteiger partial charge in [-0.25, -0.2) is 4.98 Å². The maximum Gasteiger partial charge on any atom is 0.131 e. The number of hydrogen-bond donors (Lipinski definition) is 1. The number of pyridine rings is 1. The Balaban J connectivity index is 2.48. The van der Waals surface area contributed by atoms with Crippen LogP contribution in [0.3, 0.4) is 0 Å². The van der Waals surface area contributed by atoms with Gasteiger partial charge in [0.25, 0.3) is 0 Å². The Labute approximate surface area is 77.0 Å². The molecule has 0 amide bonds. The molecule has 0 unspecified atom stereocenters. The molecule has 1 heterocycles. The molecule has 0 aliphatic carbocycles. The molecule has 12 heavy (non-hydrogen) atoms. The summed E-state index contributed by atoms with van der Waals surface area (Å²) in [4.78, 5) is 3.85. The molecule has 0 atom stereocenters. The Morgan fingerprint density at radius 3 is 3.17 bits per heavy atom. The molecule has 0 saturated heterocycles. The first kappa shape index (κ1) is 8.89. The van der Waals surface area contributed by atoms with Crippen LogP contribution < -0.4 is 5.32 Å². The standard InChI is InChI=1S/C9H9ClN2/c1-2-3-5-11-8-4-6-12-9(10)7-8/h1,4,6-7H,3,5H2,(H,11,12). The van der Waals surface area contributed by atoms with E-state index in [-0.39, 0.29) is 0 Å². The van der Waals surface area contributed by atoms with Gasteiger partial charge in [0.15, 0.2) is 0 Å². The molecule has 2 nitrogen and oxygen atoms in total. The van der Waals surface area contributed by atoms with Gasteiger partial charge in [-0.3, -0.25) is 0 Å². The first-order valence-corrected chi connectivity index (χ1v) is 3.99. The van der Waals surface area contributed by atoms with Crippen LogP contribution in [-0.2, 0) is 0 Å². The van der Waals surface area contributed by atoms with Gasteiger partial charge in [0, 0.05) is 24.8 Å². The van der Waals surface area contributed by atoms with Crippen LogP contribution in [0.2, 0.25) is 5.15 Å². The van der Waals surface area contributed by atoms with Gasteiger partial charge in [0.05, 0.1) is 0 Å². The number of halogens is 1. The number of anilines is 1. The van der Waals surface area contributed by atoms with E-state index in [1.807, 2.05) is 6.07 Å². The quantitative estimate of drug-likeness (QED) is 0.438. The molecule has 0 bridgehead atoms. The number of hydrogen-bond acceptors (Lipinski definition) is 2. The summed E-state index contributed by atoms with van der Waals surface area (Å²) in [7, 11) is 0. The first-order valence-electron chi connectivity index (χ1n) is 3.62. The molecular formula is C9H9ClN2. The Bertz CT molecular complexity index is 291. The maximum absolute atomic E-state index is 5.67. The van der Waals surface area contributed by atoms with E-state index >= 15 is 0 Å². The molecule has 0 saturated carbocycles. The van der Waals surface area contributed by atoms with Crippen LogP contribution in [0.4, 0.5) is 5.69 Å². The molecule has 0 radical (unpaired) electrons. The van der Waals surface area contributed by atoms with Crippen molar-refractivity contribution in [3.05, 3.63) is 23.5 Å². The third-order valence-corrected chi connectivity index (χ3v) is 1.53. The van der Waals surface area contributed by atoms with Gasteiger partial charge in [0.2, 0.25) is 0 Å². The molecular weight excluding hydrogens is 172 g/mol. The summed E-state index contributed by atoms with van der Waals surface area (Å²) in [5.74, 6) is 2.54. The molecule has 0 aromatic carbocycles. The Morgan fingerprint density at radius 2 is 2.50 bits per heavy atom. The minimum absolute atomic E-state index is 0.487. The lowest BCUT2D eigenvalue weighted by Crippen LogP contribution is -1.99. The smallest absolute Gasteiger partial charge is 0.131 e. The highest BCUT2D eigenvalue weighted by molar-refractivity contribution is 6.29. The Morgan fingerprint density at radius 1 is 1.67 bits per heavy atom. The molecule has 0 aliphatic rings. The SMILES string of the molecule is C#CCCNc1ccnc(Cl)c1. The molecule has 3 heteroatoms. The summed E-state index contributed by atoms with van der Waals surface area (Å²) in [5, 5.41) is 3.61. The molecule has 62 valence electrons. The molecule has 1 aromatic heterocycles. The Hall–Kier alpha value is -1.20. The summed E-state index contributed by atoms with van der Waals surface area (Å²) in [6, 6.07) is 3.61. The van der Waals surface area contributed by atoms with Crippen LogP contribution in [0.15, 0.2) is 18.3 Å². The van der Waals surface area contributed by atoms with Crippen LogP contribution in [0.1, 0.15) is 6.42 Å². The zero-order chi connectivity index (χ0) is 8.81. The molecule has 0 aliphatic heterocycles. The highest BCUT2D eigenvalue weighted by Gasteiger charge is 1.91. The van der Waals surface area contributed by atoms with Gasteiger partial charge in [-0.1, -0.05) is 11.6 Å². The fourth-order valence-corrected chi connectivity index (χ4v) is 0.965. The minimum Gasteiger partial charge on any atom is -0.384 e. The lowest BCUT2D eigenvalue weighted by Gasteiger charge is -2.02. The van der Waals surface area contributed by atoms with Gasteiger partial charge in [0.1, 0.15) is 5.15 Å². The van der Waals surface area contributed by atoms with Gasteiger partial charge < -0.3 is 5.32 Å². The van der Waals surface area contributed by atoms with E-state index in [9.17, 15) is 0 Å². The maximum atomic E-state index is 5.67. The summed E-state index contributed by atoms with van der Waals surface area (Å²) in [6.07, 6.45) is 7.46. The van der Waals surface area contributed by atoms with E-state index in [0.717, 1.165) is 12.2 Å². The highest BCUT2D eigenvalue weighted by Crippen LogP contribution is 2.11. The summed E-state index contributed by atoms with van der Waals surface area (Å²) < 4.78 is 0. The molecule has 1 rings (SSSR count). The van der Waals surface area contributed by atoms with Crippen LogP contribution in [0.25, 0.3) is 0 Å². The van der Waals surface area contributed by atoms with Gasteiger partial charge >= 0.3 is 0 Å². The number of rotatable bonds is 3. The second kappa shape index (κ2) is 4.63. The van der Waals surface area contributed by atoms with Crippen LogP contribution in [0.5, 0.6) is 0 Å². The van der Waals surface area contributed by atoms with Gasteiger partial charge in [-0.2, -0.15) is 0 Å². The second-order valence-corrected chi connectivity index (χ2v) is 2.64. The van der Waals surface area contributed by atoms with Crippen molar-refractivity contribution in [2.45, 2.75) is 6.42 Å². The zero-order valence-corrected chi connectivity index (χ0v) is 7.30. The van der Waals surface area contributed by atoms with Crippen LogP contribution in [-0.4, -0.2) is 11.5 Å². The number of nitrogens with zero attached hydrogens (tertiary/aromatic N) is 1. The van der Waals surface area contributed by atoms with Crippen molar-refractivity contribution >= 4 is 17.3 Å². The van der Waals surface area contributed by atoms with Crippen molar-refractivity contribution in [3.63, 3.8) is 0 Å². The first-order chi connectivity index (χ1) is 5.83. The fraction of sp³-hybridized carbons (Fsp3) is 0.222. The van der Waals surface area contributed by atoms with Crippen LogP contribution in [0, 0.1) is 12.3 Å². The predicted molar refractivity (Wildman–Crippen MR) is 51.2 cm³/mol. The summed E-state index contributed by atoms with van der Waals surface area (Å²) in [5.41, 5.74) is 0.949. The van der Waals surface area contributed by atoms with Crippen molar-refractivity contribution < 1.29 is 0 Å². The average molecular weight is 181 g/mol. The number of aromatic nitrogens is 1. The largest absolute Gasteiger partial charge is 0.384 e. The average Bonchev–Trinajstić information content (AvgIpc) is 2.05. The number of nitrogens with one attached hydrogen (secondary N) is 1. The second-order valence-electron chi connectivity index (χ2n) is 2.25. The molecule has 1 aromatic rings. The van der Waals surface area contributed by atoms with E-state index in [2.05, 4.69) is 16.2 Å². The third kappa shape index (κ3) is 2.81. The van der Waals surface area contributed by atoms with Crippen molar-refractivity contribution in [2.75, 3.05) is 11.9 Å². The monoisotopic (exact) mass is 180 g/mol. The zero-order valence-electron chi connectivity index (χ0n) is 6.55. The van der Waals surface area contributed by atoms with Gasteiger partial charge in [-0.15, -0.1) is 12.3 Å². The minimum atomic E-state index is 0.487. The van der Waals surface area contributed by atoms with Crippen molar-refractivity contribution in [2.24, 2.45) is 0 Å². The van der Waals surface area contributed by atoms with E-state index in [0.29, 0.717) is 11.6 Å². The highest BCUT2D eigenvalue weighted by atomic mass is 35.5. The van der Waals surface area contributed by atoms with Gasteiger partial charge in [-0.05, 0) is 12.1 Å². The Kier molecular flexibility index (Phi) is 3.43. The van der Waals surface area contributed by atoms with Crippen LogP contribution >= 0.6 is 11.6 Å². The van der Waals surface area contributed by atoms with E-state index in [4.69, 9.17) is 18.0 Å². The summed E-state index contributed by atoms with van der Waals surface area (Å²) >= 11 is 5.67. The normalized spacial score (nSPS) is 9.00. The fourth-order valence-electron chi connectivity index (χ4n) is 0.791. The number of terminal acetylenes is 1. The molecule has 0 fully saturated rings. The summed E-state index contributed by atoms with van der Waals surface area (Å²) in [6.45, 7) is 0.761. The predicted octanol–water partition coefficient (Wildman–Crippen LogP) is 2.17. The van der Waals surface area contributed by atoms with Crippen molar-refractivity contribution in [1.29, 1.82) is 0 Å². The molecule has 0 spiro atoms. The van der Waals surface area contributed by atoms with E-state index < -0.39 is 0 Å². The topological polar surface area (TPSA) is 24.9 Å². The van der Waals surface area contributed by atoms with E-state index in [1.165, 1.54) is 0 Å². The van der Waals surface area contributed by atoms with Crippen molar-refractivity contribution in [1.82, 2.24) is 4.98 Å². The van der Waals surface area contributed by atoms with Crippen molar-refractivity contribution in [3.8, 4) is 12.3 Å². The lowest BCUT2D eigenvalue weighted by molar-refractivity contribution is 1.09. The third-order valence-electron chi connectivity index (χ3n) is 1.33.